The number of aromatic nitrogens is 2. The molecule has 2 atom stereocenters. The first-order valence-corrected chi connectivity index (χ1v) is 6.62. The molecule has 1 heterocycles. The van der Waals surface area contributed by atoms with Crippen molar-refractivity contribution in [2.45, 2.75) is 52.2 Å². The fraction of sp³-hybridized carbons (Fsp3) is 0.692. The largest absolute Gasteiger partial charge is 0.370 e. The van der Waals surface area contributed by atoms with Gasteiger partial charge < -0.3 is 10.2 Å². The minimum absolute atomic E-state index is 0.345. The number of aryl methyl sites for hydroxylation is 1. The predicted octanol–water partition coefficient (Wildman–Crippen LogP) is 2.17. The molecule has 0 aromatic carbocycles. The molecule has 2 rings (SSSR count). The topological polar surface area (TPSA) is 73.1 Å². The van der Waals surface area contributed by atoms with Crippen LogP contribution in [0.1, 0.15) is 44.1 Å². The van der Waals surface area contributed by atoms with Crippen LogP contribution in [0.15, 0.2) is 6.07 Å². The summed E-state index contributed by atoms with van der Waals surface area (Å²) in [6, 6.07) is 1.81. The number of anilines is 1. The number of nitrogens with one attached hydrogen (secondary N) is 1. The van der Waals surface area contributed by atoms with Gasteiger partial charge in [0.1, 0.15) is 12.4 Å². The predicted molar refractivity (Wildman–Crippen MR) is 70.8 cm³/mol. The summed E-state index contributed by atoms with van der Waals surface area (Å²) in [5, 5.41) is 0. The van der Waals surface area contributed by atoms with E-state index in [4.69, 9.17) is 10.6 Å². The molecule has 2 unspecified atom stereocenters. The molecule has 1 aromatic rings. The van der Waals surface area contributed by atoms with Gasteiger partial charge in [0, 0.05) is 11.8 Å². The van der Waals surface area contributed by atoms with Crippen molar-refractivity contribution in [2.75, 3.05) is 5.43 Å². The van der Waals surface area contributed by atoms with E-state index >= 15 is 0 Å². The van der Waals surface area contributed by atoms with Crippen LogP contribution in [0, 0.1) is 12.8 Å². The average molecular weight is 250 g/mol. The van der Waals surface area contributed by atoms with Crippen LogP contribution in [-0.4, -0.2) is 16.1 Å². The maximum absolute atomic E-state index is 5.94. The highest BCUT2D eigenvalue weighted by Gasteiger charge is 2.22. The van der Waals surface area contributed by atoms with Gasteiger partial charge in [0.15, 0.2) is 5.82 Å². The normalized spacial score (nSPS) is 23.9. The van der Waals surface area contributed by atoms with Crippen molar-refractivity contribution in [3.8, 4) is 0 Å². The van der Waals surface area contributed by atoms with E-state index in [1.165, 1.54) is 19.3 Å². The van der Waals surface area contributed by atoms with E-state index in [-0.39, 0.29) is 0 Å². The average Bonchev–Trinajstić information content (AvgIpc) is 2.37. The van der Waals surface area contributed by atoms with E-state index in [1.54, 1.807) is 0 Å². The summed E-state index contributed by atoms with van der Waals surface area (Å²) in [5.74, 6) is 7.33. The number of hydrogen-bond donors (Lipinski definition) is 2. The van der Waals surface area contributed by atoms with Gasteiger partial charge in [-0.1, -0.05) is 19.8 Å². The number of nitrogens with zero attached hydrogens (tertiary/aromatic N) is 2. The van der Waals surface area contributed by atoms with Crippen LogP contribution in [0.5, 0.6) is 0 Å². The maximum atomic E-state index is 5.94. The molecule has 1 saturated carbocycles. The monoisotopic (exact) mass is 250 g/mol. The molecular weight excluding hydrogens is 228 g/mol. The smallest absolute Gasteiger partial charge is 0.156 e. The van der Waals surface area contributed by atoms with Crippen LogP contribution in [0.4, 0.5) is 5.82 Å². The first kappa shape index (κ1) is 13.2. The Bertz CT molecular complexity index is 397. The van der Waals surface area contributed by atoms with Crippen molar-refractivity contribution < 1.29 is 4.74 Å². The molecule has 0 amide bonds. The fourth-order valence-corrected chi connectivity index (χ4v) is 2.48. The third-order valence-corrected chi connectivity index (χ3v) is 3.51. The molecule has 100 valence electrons. The minimum atomic E-state index is 0.345. The van der Waals surface area contributed by atoms with Gasteiger partial charge in [0.25, 0.3) is 0 Å². The first-order valence-electron chi connectivity index (χ1n) is 6.62. The third kappa shape index (κ3) is 3.40. The summed E-state index contributed by atoms with van der Waals surface area (Å²) in [6.07, 6.45) is 5.34. The molecule has 0 saturated heterocycles. The number of nitrogen functional groups attached to an aromatic ring is 1. The molecule has 1 aliphatic rings. The molecule has 0 radical (unpaired) electrons. The van der Waals surface area contributed by atoms with Crippen LogP contribution >= 0.6 is 0 Å². The zero-order valence-corrected chi connectivity index (χ0v) is 11.1. The fourth-order valence-electron chi connectivity index (χ4n) is 2.48. The third-order valence-electron chi connectivity index (χ3n) is 3.51. The zero-order chi connectivity index (χ0) is 13.0. The molecule has 0 spiro atoms. The van der Waals surface area contributed by atoms with Crippen molar-refractivity contribution in [2.24, 2.45) is 11.8 Å². The zero-order valence-electron chi connectivity index (χ0n) is 11.1. The molecule has 18 heavy (non-hydrogen) atoms. The quantitative estimate of drug-likeness (QED) is 0.633. The second-order valence-corrected chi connectivity index (χ2v) is 5.07. The Morgan fingerprint density at radius 1 is 1.39 bits per heavy atom. The van der Waals surface area contributed by atoms with Crippen molar-refractivity contribution in [3.63, 3.8) is 0 Å². The van der Waals surface area contributed by atoms with E-state index < -0.39 is 0 Å². The summed E-state index contributed by atoms with van der Waals surface area (Å²) in [6.45, 7) is 4.65. The Morgan fingerprint density at radius 2 is 2.17 bits per heavy atom. The number of rotatable bonds is 4. The molecule has 5 heteroatoms. The summed E-state index contributed by atoms with van der Waals surface area (Å²) in [7, 11) is 0. The molecule has 5 nitrogen and oxygen atoms in total. The lowest BCUT2D eigenvalue weighted by molar-refractivity contribution is -0.0182. The Labute approximate surface area is 108 Å². The summed E-state index contributed by atoms with van der Waals surface area (Å²) >= 11 is 0. The molecule has 1 aliphatic carbocycles. The highest BCUT2D eigenvalue weighted by molar-refractivity contribution is 5.33. The second kappa shape index (κ2) is 6.11. The van der Waals surface area contributed by atoms with Crippen molar-refractivity contribution in [1.29, 1.82) is 0 Å². The highest BCUT2D eigenvalue weighted by atomic mass is 16.5. The van der Waals surface area contributed by atoms with Gasteiger partial charge in [-0.25, -0.2) is 15.8 Å². The number of nitrogens with two attached hydrogens (primary N) is 1. The molecule has 1 aromatic heterocycles. The van der Waals surface area contributed by atoms with Crippen LogP contribution in [-0.2, 0) is 11.3 Å². The molecule has 3 N–H and O–H groups in total. The van der Waals surface area contributed by atoms with E-state index in [0.29, 0.717) is 30.3 Å². The molecular formula is C13H22N4O. The number of ether oxygens (including phenoxy) is 1. The van der Waals surface area contributed by atoms with Gasteiger partial charge in [0.2, 0.25) is 0 Å². The first-order chi connectivity index (χ1) is 8.69. The number of hydrogen-bond acceptors (Lipinski definition) is 5. The van der Waals surface area contributed by atoms with Crippen molar-refractivity contribution >= 4 is 5.82 Å². The minimum Gasteiger partial charge on any atom is -0.370 e. The summed E-state index contributed by atoms with van der Waals surface area (Å²) in [5.41, 5.74) is 3.44. The van der Waals surface area contributed by atoms with Crippen LogP contribution in [0.25, 0.3) is 0 Å². The molecule has 0 bridgehead atoms. The number of hydrazine groups is 1. The van der Waals surface area contributed by atoms with Crippen molar-refractivity contribution in [3.05, 3.63) is 17.6 Å². The summed E-state index contributed by atoms with van der Waals surface area (Å²) in [4.78, 5) is 8.65. The molecule has 1 fully saturated rings. The Kier molecular flexibility index (Phi) is 4.49. The van der Waals surface area contributed by atoms with E-state index in [9.17, 15) is 0 Å². The Hall–Kier alpha value is -1.20. The van der Waals surface area contributed by atoms with E-state index in [0.717, 1.165) is 12.1 Å². The van der Waals surface area contributed by atoms with Crippen LogP contribution in [0.2, 0.25) is 0 Å². The Morgan fingerprint density at radius 3 is 2.89 bits per heavy atom. The highest BCUT2D eigenvalue weighted by Crippen LogP contribution is 2.26. The lowest BCUT2D eigenvalue weighted by Gasteiger charge is -2.28. The second-order valence-electron chi connectivity index (χ2n) is 5.07. The van der Waals surface area contributed by atoms with Crippen molar-refractivity contribution in [1.82, 2.24) is 9.97 Å². The van der Waals surface area contributed by atoms with Gasteiger partial charge in [-0.3, -0.25) is 0 Å². The van der Waals surface area contributed by atoms with E-state index in [2.05, 4.69) is 22.3 Å². The van der Waals surface area contributed by atoms with Crippen LogP contribution in [0.3, 0.4) is 0 Å². The van der Waals surface area contributed by atoms with Crippen LogP contribution < -0.4 is 11.3 Å². The van der Waals surface area contributed by atoms with Gasteiger partial charge in [-0.15, -0.1) is 0 Å². The summed E-state index contributed by atoms with van der Waals surface area (Å²) < 4.78 is 5.94. The standard InChI is InChI=1S/C13H22N4O/c1-9-5-3-4-6-11(9)18-8-13-15-10(2)7-12(16-13)17-14/h7,9,11H,3-6,8,14H2,1-2H3,(H,15,16,17). The SMILES string of the molecule is Cc1cc(NN)nc(COC2CCCCC2C)n1. The van der Waals surface area contributed by atoms with Gasteiger partial charge >= 0.3 is 0 Å². The van der Waals surface area contributed by atoms with Gasteiger partial charge in [-0.2, -0.15) is 0 Å². The lowest BCUT2D eigenvalue weighted by Crippen LogP contribution is -2.25. The Balaban J connectivity index is 1.94. The van der Waals surface area contributed by atoms with Gasteiger partial charge in [-0.05, 0) is 25.7 Å². The van der Waals surface area contributed by atoms with E-state index in [1.807, 2.05) is 13.0 Å². The maximum Gasteiger partial charge on any atom is 0.156 e. The lowest BCUT2D eigenvalue weighted by atomic mass is 9.88. The molecule has 0 aliphatic heterocycles. The van der Waals surface area contributed by atoms with Gasteiger partial charge in [0.05, 0.1) is 6.10 Å².